The lowest BCUT2D eigenvalue weighted by Crippen LogP contribution is -2.46. The summed E-state index contributed by atoms with van der Waals surface area (Å²) in [4.78, 5) is 23.5. The van der Waals surface area contributed by atoms with Crippen molar-refractivity contribution in [3.05, 3.63) is 57.4 Å². The van der Waals surface area contributed by atoms with E-state index in [-0.39, 0.29) is 12.5 Å². The van der Waals surface area contributed by atoms with E-state index in [1.807, 2.05) is 4.90 Å². The number of guanidine groups is 1. The van der Waals surface area contributed by atoms with Crippen molar-refractivity contribution < 1.29 is 4.79 Å². The average Bonchev–Trinajstić information content (AvgIpc) is 3.36. The minimum Gasteiger partial charge on any atom is -0.361 e. The SMILES string of the molecule is CN=C(NCCc1c[nH]c2cc(C)ccc12)NCC(=O)N1CCc2sccc2C1. The first-order chi connectivity index (χ1) is 14.1. The number of carbonyl (C=O) groups is 1. The standard InChI is InChI=1S/C22H27N5OS/c1-15-3-4-18-16(12-25-19(18)11-15)5-8-24-22(23-2)26-13-21(28)27-9-6-20-17(14-27)7-10-29-20/h3-4,7,10-12,25H,5-6,8-9,13-14H2,1-2H3,(H2,23,24,26). The molecule has 6 nitrogen and oxygen atoms in total. The van der Waals surface area contributed by atoms with Crippen molar-refractivity contribution in [2.75, 3.05) is 26.7 Å². The average molecular weight is 410 g/mol. The number of rotatable bonds is 5. The van der Waals surface area contributed by atoms with Crippen molar-refractivity contribution >= 4 is 34.1 Å². The normalized spacial score (nSPS) is 14.1. The maximum atomic E-state index is 12.6. The van der Waals surface area contributed by atoms with Gasteiger partial charge in [-0.2, -0.15) is 0 Å². The Morgan fingerprint density at radius 1 is 1.31 bits per heavy atom. The second kappa shape index (κ2) is 8.69. The number of thiophene rings is 1. The van der Waals surface area contributed by atoms with Gasteiger partial charge in [-0.3, -0.25) is 9.79 Å². The first-order valence-electron chi connectivity index (χ1n) is 9.98. The molecule has 1 aliphatic rings. The van der Waals surface area contributed by atoms with Crippen LogP contribution < -0.4 is 10.6 Å². The zero-order chi connectivity index (χ0) is 20.2. The van der Waals surface area contributed by atoms with Crippen LogP contribution in [0.1, 0.15) is 21.6 Å². The van der Waals surface area contributed by atoms with Gasteiger partial charge in [-0.25, -0.2) is 0 Å². The summed E-state index contributed by atoms with van der Waals surface area (Å²) in [5.74, 6) is 0.763. The second-order valence-electron chi connectivity index (χ2n) is 7.40. The Labute approximate surface area is 175 Å². The lowest BCUT2D eigenvalue weighted by atomic mass is 10.1. The van der Waals surface area contributed by atoms with Crippen molar-refractivity contribution in [2.24, 2.45) is 4.99 Å². The Bertz CT molecular complexity index is 1030. The smallest absolute Gasteiger partial charge is 0.242 e. The molecule has 0 aliphatic carbocycles. The number of H-pyrrole nitrogens is 1. The molecule has 0 bridgehead atoms. The molecule has 0 radical (unpaired) electrons. The molecule has 152 valence electrons. The molecule has 0 spiro atoms. The predicted octanol–water partition coefficient (Wildman–Crippen LogP) is 2.83. The van der Waals surface area contributed by atoms with Gasteiger partial charge in [-0.15, -0.1) is 11.3 Å². The van der Waals surface area contributed by atoms with E-state index in [1.54, 1.807) is 18.4 Å². The fourth-order valence-electron chi connectivity index (χ4n) is 3.78. The highest BCUT2D eigenvalue weighted by molar-refractivity contribution is 7.10. The van der Waals surface area contributed by atoms with Crippen LogP contribution >= 0.6 is 11.3 Å². The summed E-state index contributed by atoms with van der Waals surface area (Å²) in [5, 5.41) is 9.83. The Balaban J connectivity index is 1.25. The highest BCUT2D eigenvalue weighted by atomic mass is 32.1. The topological polar surface area (TPSA) is 72.5 Å². The third-order valence-corrected chi connectivity index (χ3v) is 6.42. The molecule has 3 N–H and O–H groups in total. The van der Waals surface area contributed by atoms with Crippen LogP contribution in [-0.4, -0.2) is 48.4 Å². The summed E-state index contributed by atoms with van der Waals surface area (Å²) >= 11 is 1.79. The Morgan fingerprint density at radius 3 is 3.07 bits per heavy atom. The number of aliphatic imine (C=N–C) groups is 1. The van der Waals surface area contributed by atoms with Crippen LogP contribution in [0, 0.1) is 6.92 Å². The van der Waals surface area contributed by atoms with Gasteiger partial charge in [0.25, 0.3) is 0 Å². The highest BCUT2D eigenvalue weighted by Gasteiger charge is 2.21. The molecule has 0 saturated carbocycles. The van der Waals surface area contributed by atoms with Crippen molar-refractivity contribution in [1.29, 1.82) is 0 Å². The molecule has 3 aromatic rings. The Hall–Kier alpha value is -2.80. The van der Waals surface area contributed by atoms with E-state index in [1.165, 1.54) is 32.5 Å². The third-order valence-electron chi connectivity index (χ3n) is 5.40. The molecule has 0 fully saturated rings. The predicted molar refractivity (Wildman–Crippen MR) is 120 cm³/mol. The fourth-order valence-corrected chi connectivity index (χ4v) is 4.67. The summed E-state index contributed by atoms with van der Waals surface area (Å²) in [5.41, 5.74) is 4.98. The van der Waals surface area contributed by atoms with Gasteiger partial charge in [0.15, 0.2) is 5.96 Å². The van der Waals surface area contributed by atoms with Gasteiger partial charge in [0.2, 0.25) is 5.91 Å². The summed E-state index contributed by atoms with van der Waals surface area (Å²) < 4.78 is 0. The van der Waals surface area contributed by atoms with Gasteiger partial charge in [0.05, 0.1) is 6.54 Å². The maximum Gasteiger partial charge on any atom is 0.242 e. The summed E-state index contributed by atoms with van der Waals surface area (Å²) in [6, 6.07) is 8.59. The largest absolute Gasteiger partial charge is 0.361 e. The van der Waals surface area contributed by atoms with Crippen molar-refractivity contribution in [2.45, 2.75) is 26.3 Å². The fraction of sp³-hybridized carbons (Fsp3) is 0.364. The van der Waals surface area contributed by atoms with Crippen LogP contribution in [0.2, 0.25) is 0 Å². The molecular formula is C22H27N5OS. The monoisotopic (exact) mass is 409 g/mol. The number of amides is 1. The second-order valence-corrected chi connectivity index (χ2v) is 8.40. The minimum absolute atomic E-state index is 0.108. The molecule has 29 heavy (non-hydrogen) atoms. The number of nitrogens with zero attached hydrogens (tertiary/aromatic N) is 2. The van der Waals surface area contributed by atoms with E-state index >= 15 is 0 Å². The molecule has 7 heteroatoms. The molecule has 1 amide bonds. The summed E-state index contributed by atoms with van der Waals surface area (Å²) in [6.07, 6.45) is 3.90. The van der Waals surface area contributed by atoms with E-state index in [9.17, 15) is 4.79 Å². The molecule has 4 rings (SSSR count). The lowest BCUT2D eigenvalue weighted by Gasteiger charge is -2.27. The van der Waals surface area contributed by atoms with Crippen molar-refractivity contribution in [1.82, 2.24) is 20.5 Å². The van der Waals surface area contributed by atoms with E-state index < -0.39 is 0 Å². The van der Waals surface area contributed by atoms with E-state index in [4.69, 9.17) is 0 Å². The molecule has 0 atom stereocenters. The van der Waals surface area contributed by atoms with Crippen LogP contribution in [0.4, 0.5) is 0 Å². The summed E-state index contributed by atoms with van der Waals surface area (Å²) in [6.45, 7) is 4.61. The summed E-state index contributed by atoms with van der Waals surface area (Å²) in [7, 11) is 1.73. The number of aromatic amines is 1. The number of hydrogen-bond acceptors (Lipinski definition) is 3. The van der Waals surface area contributed by atoms with Gasteiger partial charge in [-0.05, 0) is 54.0 Å². The quantitative estimate of drug-likeness (QED) is 0.448. The zero-order valence-corrected chi connectivity index (χ0v) is 17.7. The highest BCUT2D eigenvalue weighted by Crippen LogP contribution is 2.24. The first kappa shape index (κ1) is 19.5. The molecule has 2 aromatic heterocycles. The van der Waals surface area contributed by atoms with E-state index in [0.29, 0.717) is 12.5 Å². The number of benzene rings is 1. The van der Waals surface area contributed by atoms with Crippen LogP contribution in [0.5, 0.6) is 0 Å². The van der Waals surface area contributed by atoms with Gasteiger partial charge < -0.3 is 20.5 Å². The molecule has 1 aliphatic heterocycles. The molecule has 3 heterocycles. The van der Waals surface area contributed by atoms with Gasteiger partial charge >= 0.3 is 0 Å². The van der Waals surface area contributed by atoms with Crippen LogP contribution in [0.3, 0.4) is 0 Å². The first-order valence-corrected chi connectivity index (χ1v) is 10.9. The molecule has 1 aromatic carbocycles. The van der Waals surface area contributed by atoms with Crippen LogP contribution in [0.15, 0.2) is 40.8 Å². The number of fused-ring (bicyclic) bond motifs is 2. The van der Waals surface area contributed by atoms with E-state index in [2.05, 4.69) is 63.4 Å². The molecular weight excluding hydrogens is 382 g/mol. The van der Waals surface area contributed by atoms with Gasteiger partial charge in [0.1, 0.15) is 0 Å². The van der Waals surface area contributed by atoms with Gasteiger partial charge in [-0.1, -0.05) is 12.1 Å². The number of nitrogens with one attached hydrogen (secondary N) is 3. The van der Waals surface area contributed by atoms with E-state index in [0.717, 1.165) is 25.9 Å². The zero-order valence-electron chi connectivity index (χ0n) is 16.9. The third kappa shape index (κ3) is 4.45. The number of carbonyl (C=O) groups excluding carboxylic acids is 1. The van der Waals surface area contributed by atoms with Crippen molar-refractivity contribution in [3.63, 3.8) is 0 Å². The van der Waals surface area contributed by atoms with Gasteiger partial charge in [0, 0.05) is 48.7 Å². The number of aromatic nitrogens is 1. The number of hydrogen-bond donors (Lipinski definition) is 3. The lowest BCUT2D eigenvalue weighted by molar-refractivity contribution is -0.130. The Kier molecular flexibility index (Phi) is 5.85. The number of aryl methyl sites for hydroxylation is 1. The molecule has 0 saturated heterocycles. The maximum absolute atomic E-state index is 12.6. The molecule has 0 unspecified atom stereocenters. The van der Waals surface area contributed by atoms with Crippen LogP contribution in [0.25, 0.3) is 10.9 Å². The van der Waals surface area contributed by atoms with Crippen molar-refractivity contribution in [3.8, 4) is 0 Å². The minimum atomic E-state index is 0.108. The Morgan fingerprint density at radius 2 is 2.21 bits per heavy atom. The van der Waals surface area contributed by atoms with Crippen LogP contribution in [-0.2, 0) is 24.2 Å².